The highest BCUT2D eigenvalue weighted by molar-refractivity contribution is 5.96. The Balaban J connectivity index is 1.51. The number of anilines is 2. The van der Waals surface area contributed by atoms with Gasteiger partial charge in [0.1, 0.15) is 5.75 Å². The third kappa shape index (κ3) is 4.26. The molecule has 158 valence electrons. The van der Waals surface area contributed by atoms with Crippen molar-refractivity contribution in [2.75, 3.05) is 49.6 Å². The van der Waals surface area contributed by atoms with Gasteiger partial charge in [-0.3, -0.25) is 9.59 Å². The van der Waals surface area contributed by atoms with Gasteiger partial charge in [-0.25, -0.2) is 0 Å². The van der Waals surface area contributed by atoms with Crippen LogP contribution in [0, 0.1) is 13.8 Å². The lowest BCUT2D eigenvalue weighted by atomic mass is 10.1. The minimum Gasteiger partial charge on any atom is -0.477 e. The number of carbonyl (C=O) groups excluding carboxylic acids is 2. The van der Waals surface area contributed by atoms with Crippen molar-refractivity contribution in [1.29, 1.82) is 0 Å². The number of hydrogen-bond donors (Lipinski definition) is 1. The van der Waals surface area contributed by atoms with Crippen LogP contribution >= 0.6 is 0 Å². The molecule has 0 bridgehead atoms. The summed E-state index contributed by atoms with van der Waals surface area (Å²) in [7, 11) is 0. The van der Waals surface area contributed by atoms with Gasteiger partial charge in [0, 0.05) is 18.8 Å². The van der Waals surface area contributed by atoms with E-state index in [4.69, 9.17) is 9.47 Å². The Hall–Kier alpha value is -3.06. The number of rotatable bonds is 4. The Morgan fingerprint density at radius 3 is 2.47 bits per heavy atom. The molecule has 1 N–H and O–H groups in total. The second-order valence-corrected chi connectivity index (χ2v) is 7.71. The first-order chi connectivity index (χ1) is 14.5. The van der Waals surface area contributed by atoms with Crippen molar-refractivity contribution in [3.63, 3.8) is 0 Å². The van der Waals surface area contributed by atoms with E-state index in [1.807, 2.05) is 61.2 Å². The van der Waals surface area contributed by atoms with Crippen LogP contribution < -0.4 is 15.0 Å². The second kappa shape index (κ2) is 8.75. The highest BCUT2D eigenvalue weighted by atomic mass is 16.5. The summed E-state index contributed by atoms with van der Waals surface area (Å²) < 4.78 is 11.4. The maximum absolute atomic E-state index is 13.0. The summed E-state index contributed by atoms with van der Waals surface area (Å²) in [6.07, 6.45) is -0.647. The van der Waals surface area contributed by atoms with E-state index in [1.165, 1.54) is 0 Å². The zero-order chi connectivity index (χ0) is 21.1. The van der Waals surface area contributed by atoms with Crippen LogP contribution in [-0.2, 0) is 14.3 Å². The largest absolute Gasteiger partial charge is 0.477 e. The molecule has 2 aromatic rings. The zero-order valence-electron chi connectivity index (χ0n) is 17.4. The van der Waals surface area contributed by atoms with Crippen LogP contribution in [0.1, 0.15) is 11.1 Å². The van der Waals surface area contributed by atoms with Gasteiger partial charge >= 0.3 is 0 Å². The van der Waals surface area contributed by atoms with E-state index < -0.39 is 6.10 Å². The number of nitrogens with zero attached hydrogens (tertiary/aromatic N) is 2. The lowest BCUT2D eigenvalue weighted by molar-refractivity contribution is -0.142. The molecule has 2 amide bonds. The fourth-order valence-electron chi connectivity index (χ4n) is 3.94. The monoisotopic (exact) mass is 409 g/mol. The molecule has 7 heteroatoms. The third-order valence-corrected chi connectivity index (χ3v) is 5.54. The van der Waals surface area contributed by atoms with E-state index in [-0.39, 0.29) is 18.4 Å². The summed E-state index contributed by atoms with van der Waals surface area (Å²) in [5, 5.41) is 3.03. The van der Waals surface area contributed by atoms with Crippen molar-refractivity contribution in [2.45, 2.75) is 20.0 Å². The number of hydrogen-bond acceptors (Lipinski definition) is 5. The number of amides is 2. The van der Waals surface area contributed by atoms with Gasteiger partial charge in [-0.05, 0) is 37.1 Å². The normalized spacial score (nSPS) is 18.4. The van der Waals surface area contributed by atoms with Gasteiger partial charge in [0.05, 0.1) is 32.0 Å². The topological polar surface area (TPSA) is 71.1 Å². The quantitative estimate of drug-likeness (QED) is 0.840. The molecule has 2 aliphatic heterocycles. The molecule has 0 saturated carbocycles. The fraction of sp³-hybridized carbons (Fsp3) is 0.391. The molecule has 1 atom stereocenters. The minimum atomic E-state index is -0.647. The van der Waals surface area contributed by atoms with Gasteiger partial charge in [0.2, 0.25) is 5.91 Å². The Kier molecular flexibility index (Phi) is 5.90. The SMILES string of the molecule is Cc1cccc(C)c1NC(=O)CN1C[C@H](C(=O)N2CCOCC2)Oc2ccccc21. The maximum atomic E-state index is 13.0. The number of aryl methyl sites for hydroxylation is 2. The smallest absolute Gasteiger partial charge is 0.265 e. The molecule has 30 heavy (non-hydrogen) atoms. The summed E-state index contributed by atoms with van der Waals surface area (Å²) in [6, 6.07) is 13.5. The number of fused-ring (bicyclic) bond motifs is 1. The second-order valence-electron chi connectivity index (χ2n) is 7.71. The van der Waals surface area contributed by atoms with E-state index in [2.05, 4.69) is 5.32 Å². The number of nitrogens with one attached hydrogen (secondary N) is 1. The van der Waals surface area contributed by atoms with Crippen LogP contribution in [0.2, 0.25) is 0 Å². The van der Waals surface area contributed by atoms with Crippen LogP contribution in [-0.4, -0.2) is 62.2 Å². The summed E-state index contributed by atoms with van der Waals surface area (Å²) in [5.41, 5.74) is 3.70. The number of benzene rings is 2. The van der Waals surface area contributed by atoms with E-state index in [1.54, 1.807) is 4.90 Å². The molecule has 2 aromatic carbocycles. The highest BCUT2D eigenvalue weighted by Crippen LogP contribution is 2.33. The van der Waals surface area contributed by atoms with E-state index >= 15 is 0 Å². The number of morpholine rings is 1. The van der Waals surface area contributed by atoms with Crippen molar-refractivity contribution in [3.05, 3.63) is 53.6 Å². The molecule has 0 spiro atoms. The molecule has 4 rings (SSSR count). The Bertz CT molecular complexity index is 920. The Labute approximate surface area is 176 Å². The number of para-hydroxylation sites is 3. The van der Waals surface area contributed by atoms with Crippen LogP contribution in [0.5, 0.6) is 5.75 Å². The van der Waals surface area contributed by atoms with Crippen molar-refractivity contribution in [3.8, 4) is 5.75 Å². The van der Waals surface area contributed by atoms with Crippen molar-refractivity contribution < 1.29 is 19.1 Å². The molecule has 0 aliphatic carbocycles. The van der Waals surface area contributed by atoms with E-state index in [0.717, 1.165) is 22.5 Å². The molecule has 0 aromatic heterocycles. The predicted octanol–water partition coefficient (Wildman–Crippen LogP) is 2.37. The lowest BCUT2D eigenvalue weighted by Crippen LogP contribution is -2.53. The third-order valence-electron chi connectivity index (χ3n) is 5.54. The first-order valence-corrected chi connectivity index (χ1v) is 10.3. The Morgan fingerprint density at radius 2 is 1.73 bits per heavy atom. The van der Waals surface area contributed by atoms with Crippen LogP contribution in [0.4, 0.5) is 11.4 Å². The summed E-state index contributed by atoms with van der Waals surface area (Å²) >= 11 is 0. The summed E-state index contributed by atoms with van der Waals surface area (Å²) in [4.78, 5) is 29.6. The minimum absolute atomic E-state index is 0.0621. The highest BCUT2D eigenvalue weighted by Gasteiger charge is 2.34. The molecule has 1 saturated heterocycles. The van der Waals surface area contributed by atoms with Crippen molar-refractivity contribution in [1.82, 2.24) is 4.90 Å². The fourth-order valence-corrected chi connectivity index (χ4v) is 3.94. The molecule has 2 aliphatic rings. The van der Waals surface area contributed by atoms with Gasteiger partial charge in [0.15, 0.2) is 6.10 Å². The molecular weight excluding hydrogens is 382 g/mol. The molecule has 0 radical (unpaired) electrons. The van der Waals surface area contributed by atoms with Crippen LogP contribution in [0.15, 0.2) is 42.5 Å². The van der Waals surface area contributed by atoms with Gasteiger partial charge in [-0.1, -0.05) is 30.3 Å². The average molecular weight is 409 g/mol. The average Bonchev–Trinajstić information content (AvgIpc) is 2.76. The number of ether oxygens (including phenoxy) is 2. The van der Waals surface area contributed by atoms with Crippen LogP contribution in [0.25, 0.3) is 0 Å². The molecular formula is C23H27N3O4. The number of carbonyl (C=O) groups is 2. The first-order valence-electron chi connectivity index (χ1n) is 10.3. The van der Waals surface area contributed by atoms with Gasteiger partial charge in [-0.2, -0.15) is 0 Å². The maximum Gasteiger partial charge on any atom is 0.265 e. The standard InChI is InChI=1S/C23H27N3O4/c1-16-6-5-7-17(2)22(16)24-21(27)15-26-14-20(23(28)25-10-12-29-13-11-25)30-19-9-4-3-8-18(19)26/h3-9,20H,10-15H2,1-2H3,(H,24,27)/t20-/m1/s1. The Morgan fingerprint density at radius 1 is 1.03 bits per heavy atom. The van der Waals surface area contributed by atoms with Gasteiger partial charge in [0.25, 0.3) is 5.91 Å². The summed E-state index contributed by atoms with van der Waals surface area (Å²) in [5.74, 6) is 0.435. The van der Waals surface area contributed by atoms with Crippen molar-refractivity contribution in [2.24, 2.45) is 0 Å². The molecule has 7 nitrogen and oxygen atoms in total. The lowest BCUT2D eigenvalue weighted by Gasteiger charge is -2.38. The van der Waals surface area contributed by atoms with E-state index in [9.17, 15) is 9.59 Å². The van der Waals surface area contributed by atoms with Crippen molar-refractivity contribution >= 4 is 23.2 Å². The molecule has 1 fully saturated rings. The summed E-state index contributed by atoms with van der Waals surface area (Å²) in [6.45, 7) is 6.62. The molecule has 0 unspecified atom stereocenters. The van der Waals surface area contributed by atoms with E-state index in [0.29, 0.717) is 38.6 Å². The zero-order valence-corrected chi connectivity index (χ0v) is 17.4. The predicted molar refractivity (Wildman–Crippen MR) is 115 cm³/mol. The van der Waals surface area contributed by atoms with Gasteiger partial charge < -0.3 is 24.6 Å². The first kappa shape index (κ1) is 20.2. The molecule has 2 heterocycles. The van der Waals surface area contributed by atoms with Crippen LogP contribution in [0.3, 0.4) is 0 Å². The van der Waals surface area contributed by atoms with Gasteiger partial charge in [-0.15, -0.1) is 0 Å².